The molecule has 0 fully saturated rings. The third kappa shape index (κ3) is 5.62. The van der Waals surface area contributed by atoms with Crippen LogP contribution in [-0.2, 0) is 16.6 Å². The predicted molar refractivity (Wildman–Crippen MR) is 126 cm³/mol. The summed E-state index contributed by atoms with van der Waals surface area (Å²) < 4.78 is 51.9. The zero-order valence-electron chi connectivity index (χ0n) is 18.1. The van der Waals surface area contributed by atoms with Crippen molar-refractivity contribution in [1.29, 1.82) is 0 Å². The van der Waals surface area contributed by atoms with Gasteiger partial charge in [-0.05, 0) is 73.2 Å². The van der Waals surface area contributed by atoms with Crippen molar-refractivity contribution in [2.45, 2.75) is 18.4 Å². The maximum Gasteiger partial charge on any atom is 0.291 e. The number of carbonyl (C=O) groups is 1. The smallest absolute Gasteiger partial charge is 0.291 e. The Morgan fingerprint density at radius 1 is 0.971 bits per heavy atom. The minimum absolute atomic E-state index is 0.0599. The zero-order chi connectivity index (χ0) is 24.1. The lowest BCUT2D eigenvalue weighted by atomic mass is 10.2. The van der Waals surface area contributed by atoms with Crippen molar-refractivity contribution in [2.75, 3.05) is 10.0 Å². The molecule has 1 aromatic heterocycles. The van der Waals surface area contributed by atoms with Crippen LogP contribution in [0.5, 0.6) is 5.75 Å². The number of halogens is 1. The molecule has 9 heteroatoms. The van der Waals surface area contributed by atoms with Crippen LogP contribution in [0.2, 0.25) is 0 Å². The Morgan fingerprint density at radius 2 is 1.71 bits per heavy atom. The molecule has 1 heterocycles. The van der Waals surface area contributed by atoms with E-state index in [2.05, 4.69) is 10.0 Å². The Morgan fingerprint density at radius 3 is 2.44 bits per heavy atom. The molecule has 0 aliphatic heterocycles. The fourth-order valence-electron chi connectivity index (χ4n) is 3.07. The molecule has 0 spiro atoms. The van der Waals surface area contributed by atoms with Crippen LogP contribution in [0.4, 0.5) is 15.8 Å². The first-order valence-corrected chi connectivity index (χ1v) is 11.8. The highest BCUT2D eigenvalue weighted by Crippen LogP contribution is 2.24. The van der Waals surface area contributed by atoms with E-state index in [0.717, 1.165) is 0 Å². The van der Waals surface area contributed by atoms with Gasteiger partial charge in [0.25, 0.3) is 15.9 Å². The number of furan rings is 1. The molecule has 7 nitrogen and oxygen atoms in total. The summed E-state index contributed by atoms with van der Waals surface area (Å²) in [4.78, 5) is 12.8. The quantitative estimate of drug-likeness (QED) is 0.354. The van der Waals surface area contributed by atoms with Gasteiger partial charge in [-0.1, -0.05) is 24.3 Å². The summed E-state index contributed by atoms with van der Waals surface area (Å²) in [7, 11) is -3.78. The van der Waals surface area contributed by atoms with Crippen LogP contribution in [-0.4, -0.2) is 14.3 Å². The SMILES string of the molecule is Cc1ccc(NC(=O)c2ccc(COc3ccc(F)cc3)o2)cc1NS(=O)(=O)c1ccccc1. The molecule has 0 aliphatic carbocycles. The van der Waals surface area contributed by atoms with E-state index in [0.29, 0.717) is 28.4 Å². The molecule has 0 atom stereocenters. The van der Waals surface area contributed by atoms with Gasteiger partial charge in [0.1, 0.15) is 23.9 Å². The van der Waals surface area contributed by atoms with Gasteiger partial charge in [-0.15, -0.1) is 0 Å². The molecule has 174 valence electrons. The van der Waals surface area contributed by atoms with E-state index < -0.39 is 15.9 Å². The highest BCUT2D eigenvalue weighted by molar-refractivity contribution is 7.92. The Bertz CT molecular complexity index is 1400. The monoisotopic (exact) mass is 480 g/mol. The van der Waals surface area contributed by atoms with Crippen LogP contribution in [0.15, 0.2) is 94.2 Å². The van der Waals surface area contributed by atoms with E-state index >= 15 is 0 Å². The van der Waals surface area contributed by atoms with Crippen LogP contribution in [0.1, 0.15) is 21.9 Å². The van der Waals surface area contributed by atoms with Gasteiger partial charge in [0, 0.05) is 5.69 Å². The number of hydrogen-bond acceptors (Lipinski definition) is 5. The standard InChI is InChI=1S/C25H21FN2O5S/c1-17-7-10-19(15-23(17)28-34(30,31)22-5-3-2-4-6-22)27-25(29)24-14-13-21(33-24)16-32-20-11-8-18(26)9-12-20/h2-15,28H,16H2,1H3,(H,27,29). The first-order valence-electron chi connectivity index (χ1n) is 10.3. The van der Waals surface area contributed by atoms with Crippen molar-refractivity contribution < 1.29 is 26.8 Å². The highest BCUT2D eigenvalue weighted by atomic mass is 32.2. The van der Waals surface area contributed by atoms with Gasteiger partial charge < -0.3 is 14.5 Å². The van der Waals surface area contributed by atoms with Crippen LogP contribution < -0.4 is 14.8 Å². The predicted octanol–water partition coefficient (Wildman–Crippen LogP) is 5.36. The maximum absolute atomic E-state index is 13.0. The fourth-order valence-corrected chi connectivity index (χ4v) is 4.21. The minimum atomic E-state index is -3.78. The number of hydrogen-bond donors (Lipinski definition) is 2. The molecular weight excluding hydrogens is 459 g/mol. The molecule has 0 saturated carbocycles. The van der Waals surface area contributed by atoms with Gasteiger partial charge in [0.15, 0.2) is 5.76 Å². The van der Waals surface area contributed by atoms with Crippen LogP contribution >= 0.6 is 0 Å². The molecule has 1 amide bonds. The molecule has 0 bridgehead atoms. The average molecular weight is 481 g/mol. The molecule has 3 aromatic carbocycles. The Hall–Kier alpha value is -4.11. The summed E-state index contributed by atoms with van der Waals surface area (Å²) in [6.07, 6.45) is 0. The van der Waals surface area contributed by atoms with Gasteiger partial charge >= 0.3 is 0 Å². The van der Waals surface area contributed by atoms with Crippen molar-refractivity contribution in [3.05, 3.63) is 108 Å². The maximum atomic E-state index is 13.0. The van der Waals surface area contributed by atoms with E-state index in [-0.39, 0.29) is 23.1 Å². The Balaban J connectivity index is 1.42. The fraction of sp³-hybridized carbons (Fsp3) is 0.0800. The summed E-state index contributed by atoms with van der Waals surface area (Å²) in [5.41, 5.74) is 1.42. The van der Waals surface area contributed by atoms with Crippen molar-refractivity contribution in [3.8, 4) is 5.75 Å². The normalized spacial score (nSPS) is 11.1. The summed E-state index contributed by atoms with van der Waals surface area (Å²) in [5, 5.41) is 2.69. The third-order valence-electron chi connectivity index (χ3n) is 4.87. The highest BCUT2D eigenvalue weighted by Gasteiger charge is 2.17. The second-order valence-corrected chi connectivity index (χ2v) is 9.09. The summed E-state index contributed by atoms with van der Waals surface area (Å²) in [5.74, 6) is 0.0681. The number of nitrogens with one attached hydrogen (secondary N) is 2. The van der Waals surface area contributed by atoms with Gasteiger partial charge in [-0.25, -0.2) is 12.8 Å². The molecule has 2 N–H and O–H groups in total. The molecule has 0 radical (unpaired) electrons. The molecule has 0 aliphatic rings. The van der Waals surface area contributed by atoms with Crippen molar-refractivity contribution in [1.82, 2.24) is 0 Å². The molecule has 0 saturated heterocycles. The van der Waals surface area contributed by atoms with Crippen molar-refractivity contribution in [3.63, 3.8) is 0 Å². The summed E-state index contributed by atoms with van der Waals surface area (Å²) in [6, 6.07) is 21.6. The topological polar surface area (TPSA) is 97.6 Å². The van der Waals surface area contributed by atoms with E-state index in [1.54, 1.807) is 43.3 Å². The van der Waals surface area contributed by atoms with E-state index in [1.807, 2.05) is 0 Å². The number of carbonyl (C=O) groups excluding carboxylic acids is 1. The Labute approximate surface area is 196 Å². The first kappa shape index (κ1) is 23.1. The van der Waals surface area contributed by atoms with Gasteiger partial charge in [0.2, 0.25) is 0 Å². The number of rotatable bonds is 8. The van der Waals surface area contributed by atoms with E-state index in [9.17, 15) is 17.6 Å². The third-order valence-corrected chi connectivity index (χ3v) is 6.25. The van der Waals surface area contributed by atoms with Gasteiger partial charge in [-0.2, -0.15) is 0 Å². The number of ether oxygens (including phenoxy) is 1. The first-order chi connectivity index (χ1) is 16.3. The Kier molecular flexibility index (Phi) is 6.65. The van der Waals surface area contributed by atoms with Gasteiger partial charge in [0.05, 0.1) is 10.6 Å². The summed E-state index contributed by atoms with van der Waals surface area (Å²) >= 11 is 0. The van der Waals surface area contributed by atoms with E-state index in [1.165, 1.54) is 48.5 Å². The average Bonchev–Trinajstić information content (AvgIpc) is 3.31. The molecule has 34 heavy (non-hydrogen) atoms. The minimum Gasteiger partial charge on any atom is -0.486 e. The molecular formula is C25H21FN2O5S. The van der Waals surface area contributed by atoms with Crippen LogP contribution in [0.25, 0.3) is 0 Å². The largest absolute Gasteiger partial charge is 0.486 e. The summed E-state index contributed by atoms with van der Waals surface area (Å²) in [6.45, 7) is 1.82. The van der Waals surface area contributed by atoms with E-state index in [4.69, 9.17) is 9.15 Å². The number of amides is 1. The second kappa shape index (κ2) is 9.80. The van der Waals surface area contributed by atoms with Gasteiger partial charge in [-0.3, -0.25) is 9.52 Å². The zero-order valence-corrected chi connectivity index (χ0v) is 18.9. The number of benzene rings is 3. The second-order valence-electron chi connectivity index (χ2n) is 7.41. The number of sulfonamides is 1. The molecule has 4 aromatic rings. The van der Waals surface area contributed by atoms with Crippen LogP contribution in [0.3, 0.4) is 0 Å². The van der Waals surface area contributed by atoms with Crippen molar-refractivity contribution in [2.24, 2.45) is 0 Å². The number of aryl methyl sites for hydroxylation is 1. The molecule has 0 unspecified atom stereocenters. The van der Waals surface area contributed by atoms with Crippen molar-refractivity contribution >= 4 is 27.3 Å². The lowest BCUT2D eigenvalue weighted by Crippen LogP contribution is -2.15. The molecule has 4 rings (SSSR count). The lowest BCUT2D eigenvalue weighted by molar-refractivity contribution is 0.0992. The lowest BCUT2D eigenvalue weighted by Gasteiger charge is -2.12. The number of anilines is 2. The van der Waals surface area contributed by atoms with Crippen LogP contribution in [0, 0.1) is 12.7 Å².